The second kappa shape index (κ2) is 10.8. The molecule has 5 heteroatoms. The Kier molecular flexibility index (Phi) is 8.40. The van der Waals surface area contributed by atoms with E-state index in [1.807, 2.05) is 50.2 Å². The van der Waals surface area contributed by atoms with Crippen LogP contribution in [-0.4, -0.2) is 24.1 Å². The minimum absolute atomic E-state index is 0.143. The van der Waals surface area contributed by atoms with Crippen LogP contribution in [0.3, 0.4) is 0 Å². The molecule has 0 saturated carbocycles. The molecule has 0 aliphatic carbocycles. The zero-order chi connectivity index (χ0) is 21.4. The molecule has 0 aliphatic rings. The number of anilines is 1. The average Bonchev–Trinajstić information content (AvgIpc) is 2.72. The standard InChI is InChI=1S/C24H31NO4/c1-6-17(4)21-9-7-8-10-22(21)25-23(26)18(5)29-24(27)20-13-11-19(12-14-20)15-28-16(2)3/h7-14,16-18H,6,15H2,1-5H3,(H,25,26)/t17-,18+/m0/s1. The van der Waals surface area contributed by atoms with E-state index in [1.165, 1.54) is 0 Å². The fourth-order valence-corrected chi connectivity index (χ4v) is 2.78. The van der Waals surface area contributed by atoms with Gasteiger partial charge in [-0.2, -0.15) is 0 Å². The van der Waals surface area contributed by atoms with Gasteiger partial charge in [-0.15, -0.1) is 0 Å². The molecule has 2 atom stereocenters. The van der Waals surface area contributed by atoms with Crippen molar-refractivity contribution in [3.63, 3.8) is 0 Å². The summed E-state index contributed by atoms with van der Waals surface area (Å²) in [4.78, 5) is 24.9. The van der Waals surface area contributed by atoms with Crippen LogP contribution in [0.5, 0.6) is 0 Å². The Labute approximate surface area is 173 Å². The highest BCUT2D eigenvalue weighted by Gasteiger charge is 2.20. The molecule has 29 heavy (non-hydrogen) atoms. The molecule has 0 bridgehead atoms. The fourth-order valence-electron chi connectivity index (χ4n) is 2.78. The molecule has 0 radical (unpaired) electrons. The monoisotopic (exact) mass is 397 g/mol. The van der Waals surface area contributed by atoms with Gasteiger partial charge in [-0.1, -0.05) is 44.2 Å². The zero-order valence-electron chi connectivity index (χ0n) is 17.9. The van der Waals surface area contributed by atoms with Crippen molar-refractivity contribution in [1.29, 1.82) is 0 Å². The number of ether oxygens (including phenoxy) is 2. The van der Waals surface area contributed by atoms with Crippen LogP contribution in [0.25, 0.3) is 0 Å². The molecule has 0 heterocycles. The SMILES string of the molecule is CC[C@H](C)c1ccccc1NC(=O)[C@@H](C)OC(=O)c1ccc(COC(C)C)cc1. The number of amides is 1. The Morgan fingerprint density at radius 2 is 1.62 bits per heavy atom. The lowest BCUT2D eigenvalue weighted by molar-refractivity contribution is -0.123. The van der Waals surface area contributed by atoms with E-state index in [1.54, 1.807) is 19.1 Å². The maximum atomic E-state index is 12.5. The third-order valence-electron chi connectivity index (χ3n) is 4.79. The first kappa shape index (κ1) is 22.6. The van der Waals surface area contributed by atoms with Crippen molar-refractivity contribution < 1.29 is 19.1 Å². The van der Waals surface area contributed by atoms with Gasteiger partial charge in [0.05, 0.1) is 18.3 Å². The van der Waals surface area contributed by atoms with Crippen molar-refractivity contribution in [3.8, 4) is 0 Å². The van der Waals surface area contributed by atoms with Crippen LogP contribution in [0.4, 0.5) is 5.69 Å². The largest absolute Gasteiger partial charge is 0.449 e. The van der Waals surface area contributed by atoms with E-state index in [2.05, 4.69) is 19.2 Å². The van der Waals surface area contributed by atoms with Crippen LogP contribution in [0.15, 0.2) is 48.5 Å². The summed E-state index contributed by atoms with van der Waals surface area (Å²) in [6.07, 6.45) is 0.205. The van der Waals surface area contributed by atoms with Gasteiger partial charge in [0.15, 0.2) is 6.10 Å². The van der Waals surface area contributed by atoms with Crippen molar-refractivity contribution >= 4 is 17.6 Å². The van der Waals surface area contributed by atoms with Crippen LogP contribution in [-0.2, 0) is 20.9 Å². The molecular formula is C24H31NO4. The Hall–Kier alpha value is -2.66. The van der Waals surface area contributed by atoms with Gasteiger partial charge in [0, 0.05) is 5.69 Å². The van der Waals surface area contributed by atoms with E-state index < -0.39 is 12.1 Å². The molecular weight excluding hydrogens is 366 g/mol. The summed E-state index contributed by atoms with van der Waals surface area (Å²) in [7, 11) is 0. The van der Waals surface area contributed by atoms with Crippen molar-refractivity contribution in [2.24, 2.45) is 0 Å². The summed E-state index contributed by atoms with van der Waals surface area (Å²) in [5.41, 5.74) is 3.20. The first-order chi connectivity index (χ1) is 13.8. The summed E-state index contributed by atoms with van der Waals surface area (Å²) in [6.45, 7) is 10.2. The first-order valence-electron chi connectivity index (χ1n) is 10.1. The molecule has 0 saturated heterocycles. The van der Waals surface area contributed by atoms with Crippen molar-refractivity contribution in [2.75, 3.05) is 5.32 Å². The predicted octanol–water partition coefficient (Wildman–Crippen LogP) is 5.31. The van der Waals surface area contributed by atoms with Crippen LogP contribution in [0.1, 0.15) is 68.4 Å². The van der Waals surface area contributed by atoms with E-state index in [4.69, 9.17) is 9.47 Å². The van der Waals surface area contributed by atoms with Crippen LogP contribution >= 0.6 is 0 Å². The highest BCUT2D eigenvalue weighted by Crippen LogP contribution is 2.26. The highest BCUT2D eigenvalue weighted by molar-refractivity contribution is 5.97. The normalized spacial score (nSPS) is 13.0. The topological polar surface area (TPSA) is 64.6 Å². The molecule has 0 aromatic heterocycles. The number of hydrogen-bond donors (Lipinski definition) is 1. The fraction of sp³-hybridized carbons (Fsp3) is 0.417. The quantitative estimate of drug-likeness (QED) is 0.583. The van der Waals surface area contributed by atoms with Crippen molar-refractivity contribution in [3.05, 3.63) is 65.2 Å². The third-order valence-corrected chi connectivity index (χ3v) is 4.79. The lowest BCUT2D eigenvalue weighted by Gasteiger charge is -2.18. The molecule has 1 N–H and O–H groups in total. The maximum Gasteiger partial charge on any atom is 0.338 e. The Balaban J connectivity index is 1.96. The number of rotatable bonds is 9. The Morgan fingerprint density at radius 3 is 2.24 bits per heavy atom. The van der Waals surface area contributed by atoms with Crippen molar-refractivity contribution in [1.82, 2.24) is 0 Å². The van der Waals surface area contributed by atoms with Gasteiger partial charge in [-0.3, -0.25) is 4.79 Å². The van der Waals surface area contributed by atoms with E-state index in [0.29, 0.717) is 18.1 Å². The zero-order valence-corrected chi connectivity index (χ0v) is 17.9. The van der Waals surface area contributed by atoms with E-state index >= 15 is 0 Å². The van der Waals surface area contributed by atoms with Gasteiger partial charge >= 0.3 is 5.97 Å². The molecule has 5 nitrogen and oxygen atoms in total. The molecule has 2 aromatic rings. The predicted molar refractivity (Wildman–Crippen MR) is 115 cm³/mol. The summed E-state index contributed by atoms with van der Waals surface area (Å²) in [6, 6.07) is 14.7. The van der Waals surface area contributed by atoms with Crippen LogP contribution < -0.4 is 5.32 Å². The summed E-state index contributed by atoms with van der Waals surface area (Å²) in [5.74, 6) is -0.558. The maximum absolute atomic E-state index is 12.5. The number of carbonyl (C=O) groups is 2. The van der Waals surface area contributed by atoms with Crippen LogP contribution in [0, 0.1) is 0 Å². The van der Waals surface area contributed by atoms with Gasteiger partial charge in [0.25, 0.3) is 5.91 Å². The minimum atomic E-state index is -0.906. The molecule has 0 spiro atoms. The lowest BCUT2D eigenvalue weighted by atomic mass is 9.97. The summed E-state index contributed by atoms with van der Waals surface area (Å²) in [5, 5.41) is 2.89. The summed E-state index contributed by atoms with van der Waals surface area (Å²) >= 11 is 0. The molecule has 0 unspecified atom stereocenters. The number of nitrogens with one attached hydrogen (secondary N) is 1. The van der Waals surface area contributed by atoms with Gasteiger partial charge in [-0.05, 0) is 62.4 Å². The highest BCUT2D eigenvalue weighted by atomic mass is 16.5. The minimum Gasteiger partial charge on any atom is -0.449 e. The molecule has 0 aliphatic heterocycles. The van der Waals surface area contributed by atoms with Gasteiger partial charge in [-0.25, -0.2) is 4.79 Å². The van der Waals surface area contributed by atoms with E-state index in [9.17, 15) is 9.59 Å². The van der Waals surface area contributed by atoms with Crippen LogP contribution in [0.2, 0.25) is 0 Å². The van der Waals surface area contributed by atoms with Crippen molar-refractivity contribution in [2.45, 2.75) is 65.8 Å². The molecule has 1 amide bonds. The second-order valence-corrected chi connectivity index (χ2v) is 7.49. The van der Waals surface area contributed by atoms with Gasteiger partial charge in [0.2, 0.25) is 0 Å². The number of benzene rings is 2. The smallest absolute Gasteiger partial charge is 0.338 e. The number of hydrogen-bond acceptors (Lipinski definition) is 4. The molecule has 2 aromatic carbocycles. The molecule has 0 fully saturated rings. The Bertz CT molecular complexity index is 814. The van der Waals surface area contributed by atoms with Gasteiger partial charge < -0.3 is 14.8 Å². The third kappa shape index (κ3) is 6.71. The Morgan fingerprint density at radius 1 is 0.966 bits per heavy atom. The summed E-state index contributed by atoms with van der Waals surface area (Å²) < 4.78 is 10.9. The van der Waals surface area contributed by atoms with E-state index in [0.717, 1.165) is 23.2 Å². The van der Waals surface area contributed by atoms with E-state index in [-0.39, 0.29) is 12.0 Å². The first-order valence-corrected chi connectivity index (χ1v) is 10.1. The van der Waals surface area contributed by atoms with Gasteiger partial charge in [0.1, 0.15) is 0 Å². The average molecular weight is 398 g/mol. The number of carbonyl (C=O) groups excluding carboxylic acids is 2. The molecule has 156 valence electrons. The number of esters is 1. The number of para-hydroxylation sites is 1. The molecule has 2 rings (SSSR count). The lowest BCUT2D eigenvalue weighted by Crippen LogP contribution is -2.30. The second-order valence-electron chi connectivity index (χ2n) is 7.49.